The molecule has 10 nitrogen and oxygen atoms in total. The molecule has 1 aliphatic carbocycles. The van der Waals surface area contributed by atoms with Crippen LogP contribution in [0.5, 0.6) is 0 Å². The average Bonchev–Trinajstić information content (AvgIpc) is 3.62. The van der Waals surface area contributed by atoms with Crippen LogP contribution in [-0.4, -0.2) is 68.4 Å². The van der Waals surface area contributed by atoms with Crippen molar-refractivity contribution in [2.45, 2.75) is 64.0 Å². The summed E-state index contributed by atoms with van der Waals surface area (Å²) < 4.78 is 1.04. The van der Waals surface area contributed by atoms with Crippen molar-refractivity contribution in [2.24, 2.45) is 11.3 Å². The standard InChI is InChI=1S/C28H36BrN9OS/c29-22-14-21(16-30-17-22)18-37-12-8-28(9-13-37)6-3-20(4-7-28)15-25(39)33-27-36-35-26(40-27)32-23-5-11-38(19-23)24-2-1-10-31-34-24/h1-2,10,14,16-17,20,23H,3-9,11-13,15,18-19H2,(H,32,35)(H,33,36,39)/t23-/m1/s1. The molecule has 0 radical (unpaired) electrons. The Morgan fingerprint density at radius 1 is 1.05 bits per heavy atom. The number of carbonyl (C=O) groups excluding carboxylic acids is 1. The molecule has 2 N–H and O–H groups in total. The van der Waals surface area contributed by atoms with E-state index >= 15 is 0 Å². The topological polar surface area (TPSA) is 112 Å². The van der Waals surface area contributed by atoms with Gasteiger partial charge in [-0.1, -0.05) is 11.3 Å². The van der Waals surface area contributed by atoms with Gasteiger partial charge in [0, 0.05) is 55.2 Å². The maximum atomic E-state index is 12.8. The van der Waals surface area contributed by atoms with Gasteiger partial charge >= 0.3 is 0 Å². The van der Waals surface area contributed by atoms with Crippen LogP contribution in [0.2, 0.25) is 0 Å². The highest BCUT2D eigenvalue weighted by atomic mass is 79.9. The van der Waals surface area contributed by atoms with Gasteiger partial charge in [-0.15, -0.1) is 15.3 Å². The summed E-state index contributed by atoms with van der Waals surface area (Å²) in [4.78, 5) is 21.9. The third-order valence-corrected chi connectivity index (χ3v) is 10.00. The van der Waals surface area contributed by atoms with Crippen LogP contribution in [-0.2, 0) is 11.3 Å². The second-order valence-electron chi connectivity index (χ2n) is 11.6. The summed E-state index contributed by atoms with van der Waals surface area (Å²) in [5.41, 5.74) is 1.73. The Labute approximate surface area is 247 Å². The van der Waals surface area contributed by atoms with Gasteiger partial charge in [0.2, 0.25) is 16.2 Å². The molecule has 0 unspecified atom stereocenters. The molecule has 2 aliphatic heterocycles. The van der Waals surface area contributed by atoms with E-state index in [4.69, 9.17) is 0 Å². The molecule has 5 heterocycles. The van der Waals surface area contributed by atoms with Gasteiger partial charge < -0.3 is 15.5 Å². The van der Waals surface area contributed by atoms with Crippen molar-refractivity contribution in [2.75, 3.05) is 41.7 Å². The molecule has 3 aromatic rings. The van der Waals surface area contributed by atoms with Crippen LogP contribution in [0.25, 0.3) is 0 Å². The van der Waals surface area contributed by atoms with Gasteiger partial charge in [-0.25, -0.2) is 0 Å². The number of hydrogen-bond acceptors (Lipinski definition) is 10. The Morgan fingerprint density at radius 3 is 2.65 bits per heavy atom. The molecule has 0 bridgehead atoms. The lowest BCUT2D eigenvalue weighted by atomic mass is 9.65. The number of rotatable bonds is 8. The molecule has 3 fully saturated rings. The fourth-order valence-corrected chi connectivity index (χ4v) is 7.62. The number of nitrogens with one attached hydrogen (secondary N) is 2. The van der Waals surface area contributed by atoms with Crippen LogP contribution in [0.1, 0.15) is 56.9 Å². The highest BCUT2D eigenvalue weighted by molar-refractivity contribution is 9.10. The average molecular weight is 627 g/mol. The van der Waals surface area contributed by atoms with Crippen LogP contribution >= 0.6 is 27.3 Å². The zero-order chi connectivity index (χ0) is 27.4. The number of likely N-dealkylation sites (tertiary alicyclic amines) is 1. The molecule has 3 aliphatic rings. The molecule has 6 rings (SSSR count). The van der Waals surface area contributed by atoms with E-state index in [9.17, 15) is 4.79 Å². The zero-order valence-electron chi connectivity index (χ0n) is 22.6. The number of piperidine rings is 1. The Morgan fingerprint density at radius 2 is 1.88 bits per heavy atom. The molecule has 3 aromatic heterocycles. The minimum atomic E-state index is 0.0517. The number of nitrogens with zero attached hydrogens (tertiary/aromatic N) is 7. The summed E-state index contributed by atoms with van der Waals surface area (Å²) in [5, 5.41) is 24.4. The smallest absolute Gasteiger partial charge is 0.226 e. The largest absolute Gasteiger partial charge is 0.355 e. The highest BCUT2D eigenvalue weighted by Gasteiger charge is 2.38. The molecule has 212 valence electrons. The summed E-state index contributed by atoms with van der Waals surface area (Å²) in [6.45, 7) is 5.01. The monoisotopic (exact) mass is 625 g/mol. The van der Waals surface area contributed by atoms with Crippen molar-refractivity contribution in [3.05, 3.63) is 46.8 Å². The number of amides is 1. The minimum Gasteiger partial charge on any atom is -0.355 e. The summed E-state index contributed by atoms with van der Waals surface area (Å²) >= 11 is 4.93. The van der Waals surface area contributed by atoms with Crippen molar-refractivity contribution in [1.29, 1.82) is 0 Å². The predicted molar refractivity (Wildman–Crippen MR) is 160 cm³/mol. The summed E-state index contributed by atoms with van der Waals surface area (Å²) in [6.07, 6.45) is 14.3. The van der Waals surface area contributed by atoms with Crippen LogP contribution in [0.3, 0.4) is 0 Å². The molecule has 12 heteroatoms. The second-order valence-corrected chi connectivity index (χ2v) is 13.4. The number of halogens is 1. The molecular formula is C28H36BrN9OS. The van der Waals surface area contributed by atoms with Gasteiger partial charge in [-0.05, 0) is 109 Å². The summed E-state index contributed by atoms with van der Waals surface area (Å²) in [7, 11) is 0. The van der Waals surface area contributed by atoms with E-state index in [1.54, 1.807) is 6.20 Å². The predicted octanol–water partition coefficient (Wildman–Crippen LogP) is 4.98. The minimum absolute atomic E-state index is 0.0517. The van der Waals surface area contributed by atoms with E-state index in [2.05, 4.69) is 67.8 Å². The first-order valence-corrected chi connectivity index (χ1v) is 15.9. The third-order valence-electron chi connectivity index (χ3n) is 8.79. The second kappa shape index (κ2) is 12.4. The fraction of sp³-hybridized carbons (Fsp3) is 0.571. The van der Waals surface area contributed by atoms with Crippen molar-refractivity contribution in [3.8, 4) is 0 Å². The van der Waals surface area contributed by atoms with Crippen LogP contribution in [0.4, 0.5) is 16.1 Å². The maximum Gasteiger partial charge on any atom is 0.226 e. The Kier molecular flexibility index (Phi) is 8.54. The van der Waals surface area contributed by atoms with Gasteiger partial charge in [-0.2, -0.15) is 5.10 Å². The van der Waals surface area contributed by atoms with E-state index in [1.165, 1.54) is 42.6 Å². The number of anilines is 3. The van der Waals surface area contributed by atoms with Gasteiger partial charge in [-0.3, -0.25) is 14.7 Å². The van der Waals surface area contributed by atoms with E-state index in [0.29, 0.717) is 22.9 Å². The lowest BCUT2D eigenvalue weighted by molar-refractivity contribution is -0.117. The van der Waals surface area contributed by atoms with Crippen molar-refractivity contribution < 1.29 is 4.79 Å². The summed E-state index contributed by atoms with van der Waals surface area (Å²) in [5.74, 6) is 1.40. The van der Waals surface area contributed by atoms with Gasteiger partial charge in [0.1, 0.15) is 0 Å². The van der Waals surface area contributed by atoms with E-state index in [0.717, 1.165) is 67.4 Å². The van der Waals surface area contributed by atoms with Crippen LogP contribution in [0, 0.1) is 11.3 Å². The molecule has 1 saturated carbocycles. The molecule has 2 saturated heterocycles. The third kappa shape index (κ3) is 6.95. The number of pyridine rings is 1. The number of aromatic nitrogens is 5. The van der Waals surface area contributed by atoms with Crippen LogP contribution < -0.4 is 15.5 Å². The quantitative estimate of drug-likeness (QED) is 0.358. The first kappa shape index (κ1) is 27.5. The maximum absolute atomic E-state index is 12.8. The Bertz CT molecular complexity index is 1270. The highest BCUT2D eigenvalue weighted by Crippen LogP contribution is 2.47. The van der Waals surface area contributed by atoms with Gasteiger partial charge in [0.25, 0.3) is 0 Å². The molecule has 1 amide bonds. The van der Waals surface area contributed by atoms with Crippen molar-refractivity contribution in [3.63, 3.8) is 0 Å². The molecule has 1 atom stereocenters. The number of hydrogen-bond donors (Lipinski definition) is 2. The van der Waals surface area contributed by atoms with E-state index < -0.39 is 0 Å². The fourth-order valence-electron chi connectivity index (χ4n) is 6.47. The molecule has 1 spiro atoms. The van der Waals surface area contributed by atoms with E-state index in [1.807, 2.05) is 24.5 Å². The molecule has 0 aromatic carbocycles. The summed E-state index contributed by atoms with van der Waals surface area (Å²) in [6, 6.07) is 6.31. The number of carbonyl (C=O) groups is 1. The lowest BCUT2D eigenvalue weighted by Gasteiger charge is -2.46. The molecular weight excluding hydrogens is 590 g/mol. The first-order valence-electron chi connectivity index (χ1n) is 14.3. The van der Waals surface area contributed by atoms with E-state index in [-0.39, 0.29) is 11.9 Å². The van der Waals surface area contributed by atoms with Crippen LogP contribution in [0.15, 0.2) is 41.3 Å². The normalized spacial score (nSPS) is 21.5. The zero-order valence-corrected chi connectivity index (χ0v) is 25.0. The SMILES string of the molecule is O=C(CC1CCC2(CC1)CCN(Cc1cncc(Br)c1)CC2)Nc1nnc(N[C@@H]2CCN(c3cccnn3)C2)s1. The molecule has 40 heavy (non-hydrogen) atoms. The van der Waals surface area contributed by atoms with Gasteiger partial charge in [0.05, 0.1) is 0 Å². The van der Waals surface area contributed by atoms with Crippen molar-refractivity contribution in [1.82, 2.24) is 30.3 Å². The lowest BCUT2D eigenvalue weighted by Crippen LogP contribution is -2.41. The van der Waals surface area contributed by atoms with Gasteiger partial charge in [0.15, 0.2) is 5.82 Å². The van der Waals surface area contributed by atoms with Crippen molar-refractivity contribution >= 4 is 49.3 Å². The Hall–Kier alpha value is -2.70. The first-order chi connectivity index (χ1) is 19.5. The Balaban J connectivity index is 0.907.